The zero-order valence-corrected chi connectivity index (χ0v) is 14.3. The normalized spacial score (nSPS) is 19.3. The van der Waals surface area contributed by atoms with E-state index in [0.29, 0.717) is 6.10 Å². The van der Waals surface area contributed by atoms with Gasteiger partial charge >= 0.3 is 0 Å². The molecule has 2 aromatic heterocycles. The lowest BCUT2D eigenvalue weighted by molar-refractivity contribution is 0.0172. The molecule has 114 valence electrons. The number of aromatic nitrogens is 1. The van der Waals surface area contributed by atoms with Gasteiger partial charge in [-0.1, -0.05) is 0 Å². The molecular formula is C16H22N2OS2. The van der Waals surface area contributed by atoms with Crippen LogP contribution in [-0.4, -0.2) is 23.5 Å². The smallest absolute Gasteiger partial charge is 0.0916 e. The Morgan fingerprint density at radius 2 is 2.24 bits per heavy atom. The van der Waals surface area contributed by atoms with Gasteiger partial charge in [-0.15, -0.1) is 22.7 Å². The van der Waals surface area contributed by atoms with Crippen LogP contribution in [0.2, 0.25) is 0 Å². The van der Waals surface area contributed by atoms with E-state index < -0.39 is 0 Å². The molecule has 0 radical (unpaired) electrons. The molecule has 3 rings (SSSR count). The quantitative estimate of drug-likeness (QED) is 0.816. The number of nitrogens with zero attached hydrogens (tertiary/aromatic N) is 2. The first-order valence-corrected chi connectivity index (χ1v) is 9.20. The zero-order chi connectivity index (χ0) is 14.7. The second kappa shape index (κ2) is 7.01. The van der Waals surface area contributed by atoms with Crippen LogP contribution in [0.25, 0.3) is 0 Å². The van der Waals surface area contributed by atoms with Gasteiger partial charge in [-0.25, -0.2) is 4.98 Å². The van der Waals surface area contributed by atoms with Crippen molar-refractivity contribution in [2.24, 2.45) is 0 Å². The molecule has 1 atom stereocenters. The summed E-state index contributed by atoms with van der Waals surface area (Å²) in [6, 6.07) is 4.50. The van der Waals surface area contributed by atoms with E-state index in [4.69, 9.17) is 4.74 Å². The molecule has 0 spiro atoms. The van der Waals surface area contributed by atoms with Crippen LogP contribution < -0.4 is 0 Å². The molecule has 0 aromatic carbocycles. The average molecular weight is 322 g/mol. The lowest BCUT2D eigenvalue weighted by Gasteiger charge is -2.21. The fourth-order valence-corrected chi connectivity index (χ4v) is 4.48. The Morgan fingerprint density at radius 1 is 1.33 bits per heavy atom. The minimum absolute atomic E-state index is 0.337. The Kier molecular flexibility index (Phi) is 5.06. The average Bonchev–Trinajstić information content (AvgIpc) is 3.09. The van der Waals surface area contributed by atoms with Crippen molar-refractivity contribution in [3.63, 3.8) is 0 Å². The Morgan fingerprint density at radius 3 is 2.95 bits per heavy atom. The van der Waals surface area contributed by atoms with Crippen molar-refractivity contribution in [2.75, 3.05) is 13.7 Å². The summed E-state index contributed by atoms with van der Waals surface area (Å²) in [6.07, 6.45) is 4.02. The van der Waals surface area contributed by atoms with Crippen LogP contribution in [-0.2, 0) is 17.8 Å². The monoisotopic (exact) mass is 322 g/mol. The largest absolute Gasteiger partial charge is 0.373 e. The van der Waals surface area contributed by atoms with Crippen LogP contribution in [0.15, 0.2) is 17.5 Å². The predicted molar refractivity (Wildman–Crippen MR) is 88.9 cm³/mol. The van der Waals surface area contributed by atoms with E-state index in [1.54, 1.807) is 11.3 Å². The maximum atomic E-state index is 5.87. The van der Waals surface area contributed by atoms with Crippen molar-refractivity contribution in [2.45, 2.75) is 45.4 Å². The van der Waals surface area contributed by atoms with Gasteiger partial charge in [-0.3, -0.25) is 4.90 Å². The minimum atomic E-state index is 0.337. The molecule has 5 heteroatoms. The van der Waals surface area contributed by atoms with Gasteiger partial charge in [0.1, 0.15) is 0 Å². The number of hydrogen-bond acceptors (Lipinski definition) is 5. The summed E-state index contributed by atoms with van der Waals surface area (Å²) in [5.74, 6) is 0. The fraction of sp³-hybridized carbons (Fsp3) is 0.562. The van der Waals surface area contributed by atoms with Gasteiger partial charge in [0.15, 0.2) is 0 Å². The first-order valence-electron chi connectivity index (χ1n) is 7.50. The lowest BCUT2D eigenvalue weighted by atomic mass is 10.1. The van der Waals surface area contributed by atoms with Gasteiger partial charge in [0, 0.05) is 34.8 Å². The Hall–Kier alpha value is -0.750. The minimum Gasteiger partial charge on any atom is -0.373 e. The highest BCUT2D eigenvalue weighted by atomic mass is 32.1. The maximum Gasteiger partial charge on any atom is 0.0916 e. The van der Waals surface area contributed by atoms with Gasteiger partial charge in [0.2, 0.25) is 0 Å². The first-order chi connectivity index (χ1) is 10.2. The van der Waals surface area contributed by atoms with Crippen molar-refractivity contribution >= 4 is 22.7 Å². The van der Waals surface area contributed by atoms with Gasteiger partial charge in [-0.05, 0) is 45.4 Å². The summed E-state index contributed by atoms with van der Waals surface area (Å²) < 4.78 is 5.87. The standard InChI is InChI=1S/C16H22N2OS2/c1-12-17-13(11-20-12)9-18(2)10-14-6-7-16(21-14)15-5-3-4-8-19-15/h6-7,11,15H,3-5,8-10H2,1-2H3/t15-/m0/s1. The van der Waals surface area contributed by atoms with Gasteiger partial charge in [-0.2, -0.15) is 0 Å². The molecule has 0 unspecified atom stereocenters. The van der Waals surface area contributed by atoms with E-state index >= 15 is 0 Å². The summed E-state index contributed by atoms with van der Waals surface area (Å²) in [7, 11) is 2.16. The van der Waals surface area contributed by atoms with Crippen molar-refractivity contribution in [1.82, 2.24) is 9.88 Å². The first kappa shape index (κ1) is 15.2. The molecule has 0 amide bonds. The van der Waals surface area contributed by atoms with Crippen molar-refractivity contribution in [1.29, 1.82) is 0 Å². The van der Waals surface area contributed by atoms with E-state index in [9.17, 15) is 0 Å². The van der Waals surface area contributed by atoms with E-state index in [0.717, 1.165) is 24.7 Å². The molecule has 0 bridgehead atoms. The van der Waals surface area contributed by atoms with E-state index in [1.807, 2.05) is 11.3 Å². The molecule has 0 saturated carbocycles. The molecule has 1 saturated heterocycles. The Labute approximate surface area is 134 Å². The summed E-state index contributed by atoms with van der Waals surface area (Å²) in [6.45, 7) is 4.87. The van der Waals surface area contributed by atoms with Crippen LogP contribution in [0.5, 0.6) is 0 Å². The van der Waals surface area contributed by atoms with Crippen molar-refractivity contribution < 1.29 is 4.74 Å². The third-order valence-electron chi connectivity index (χ3n) is 3.70. The third-order valence-corrected chi connectivity index (χ3v) is 5.69. The van der Waals surface area contributed by atoms with Crippen LogP contribution in [0.1, 0.15) is 45.8 Å². The fourth-order valence-electron chi connectivity index (χ4n) is 2.70. The maximum absolute atomic E-state index is 5.87. The molecule has 1 aliphatic heterocycles. The van der Waals surface area contributed by atoms with E-state index in [1.165, 1.54) is 34.7 Å². The summed E-state index contributed by atoms with van der Waals surface area (Å²) >= 11 is 3.62. The highest BCUT2D eigenvalue weighted by Crippen LogP contribution is 2.33. The molecule has 1 aliphatic rings. The molecular weight excluding hydrogens is 300 g/mol. The van der Waals surface area contributed by atoms with E-state index in [-0.39, 0.29) is 0 Å². The van der Waals surface area contributed by atoms with Crippen LogP contribution >= 0.6 is 22.7 Å². The second-order valence-electron chi connectivity index (χ2n) is 5.69. The predicted octanol–water partition coefficient (Wildman–Crippen LogP) is 4.39. The second-order valence-corrected chi connectivity index (χ2v) is 7.95. The SMILES string of the molecule is Cc1nc(CN(C)Cc2ccc([C@@H]3CCCCO3)s2)cs1. The molecule has 0 N–H and O–H groups in total. The number of hydrogen-bond donors (Lipinski definition) is 0. The number of rotatable bonds is 5. The van der Waals surface area contributed by atoms with Crippen molar-refractivity contribution in [3.05, 3.63) is 38.0 Å². The zero-order valence-electron chi connectivity index (χ0n) is 12.7. The van der Waals surface area contributed by atoms with Crippen LogP contribution in [0.3, 0.4) is 0 Å². The summed E-state index contributed by atoms with van der Waals surface area (Å²) in [5, 5.41) is 3.30. The number of thiophene rings is 1. The topological polar surface area (TPSA) is 25.4 Å². The molecule has 1 fully saturated rings. The summed E-state index contributed by atoms with van der Waals surface area (Å²) in [5.41, 5.74) is 1.17. The van der Waals surface area contributed by atoms with Crippen LogP contribution in [0.4, 0.5) is 0 Å². The summed E-state index contributed by atoms with van der Waals surface area (Å²) in [4.78, 5) is 9.66. The third kappa shape index (κ3) is 4.13. The van der Waals surface area contributed by atoms with Crippen molar-refractivity contribution in [3.8, 4) is 0 Å². The molecule has 3 nitrogen and oxygen atoms in total. The van der Waals surface area contributed by atoms with Gasteiger partial charge in [0.05, 0.1) is 16.8 Å². The lowest BCUT2D eigenvalue weighted by Crippen LogP contribution is -2.16. The molecule has 3 heterocycles. The van der Waals surface area contributed by atoms with Gasteiger partial charge in [0.25, 0.3) is 0 Å². The molecule has 0 aliphatic carbocycles. The van der Waals surface area contributed by atoms with Gasteiger partial charge < -0.3 is 4.74 Å². The Balaban J connectivity index is 1.56. The van der Waals surface area contributed by atoms with E-state index in [2.05, 4.69) is 41.4 Å². The molecule has 21 heavy (non-hydrogen) atoms. The number of thiazole rings is 1. The molecule has 2 aromatic rings. The number of ether oxygens (including phenoxy) is 1. The van der Waals surface area contributed by atoms with Crippen LogP contribution in [0, 0.1) is 6.92 Å². The number of aryl methyl sites for hydroxylation is 1. The highest BCUT2D eigenvalue weighted by molar-refractivity contribution is 7.12. The highest BCUT2D eigenvalue weighted by Gasteiger charge is 2.18. The Bertz CT molecular complexity index is 572.